The smallest absolute Gasteiger partial charge is 0.254 e. The summed E-state index contributed by atoms with van der Waals surface area (Å²) < 4.78 is 19.1. The Morgan fingerprint density at radius 3 is 2.53 bits per heavy atom. The van der Waals surface area contributed by atoms with E-state index in [0.29, 0.717) is 23.5 Å². The maximum absolute atomic E-state index is 14.2. The van der Waals surface area contributed by atoms with Gasteiger partial charge in [-0.05, 0) is 62.2 Å². The van der Waals surface area contributed by atoms with E-state index in [1.54, 1.807) is 29.2 Å². The van der Waals surface area contributed by atoms with Gasteiger partial charge in [0.1, 0.15) is 11.5 Å². The molecule has 0 radical (unpaired) electrons. The molecule has 186 valence electrons. The fourth-order valence-electron chi connectivity index (χ4n) is 4.29. The summed E-state index contributed by atoms with van der Waals surface area (Å²) in [6.45, 7) is 4.11. The number of rotatable bonds is 6. The predicted octanol–water partition coefficient (Wildman–Crippen LogP) is 4.82. The third-order valence-electron chi connectivity index (χ3n) is 6.24. The van der Waals surface area contributed by atoms with E-state index in [0.717, 1.165) is 46.3 Å². The van der Waals surface area contributed by atoms with Crippen molar-refractivity contribution in [3.63, 3.8) is 0 Å². The fraction of sp³-hybridized carbons (Fsp3) is 0.280. The van der Waals surface area contributed by atoms with Crippen molar-refractivity contribution in [1.29, 1.82) is 0 Å². The van der Waals surface area contributed by atoms with Crippen LogP contribution in [-0.2, 0) is 6.54 Å². The minimum Gasteiger partial charge on any atom is -0.349 e. The molecule has 0 atom stereocenters. The molecule has 1 aliphatic rings. The quantitative estimate of drug-likeness (QED) is 0.336. The lowest BCUT2D eigenvalue weighted by atomic mass is 10.0. The number of hydrogen-bond donors (Lipinski definition) is 1. The number of benzene rings is 2. The SMILES string of the molecule is Cc1nn(-c2ccc(Br)cc2)cc1C(=O)NC1CCN(Cc2cn(-c3cc(Br)ccc3F)nn2)CC1. The third-order valence-corrected chi connectivity index (χ3v) is 7.26. The molecular formula is C25H24Br2FN7O. The summed E-state index contributed by atoms with van der Waals surface area (Å²) in [6, 6.07) is 12.6. The number of carbonyl (C=O) groups excluding carboxylic acids is 1. The lowest BCUT2D eigenvalue weighted by molar-refractivity contribution is 0.0908. The van der Waals surface area contributed by atoms with E-state index >= 15 is 0 Å². The van der Waals surface area contributed by atoms with Gasteiger partial charge in [0, 0.05) is 40.8 Å². The van der Waals surface area contributed by atoms with Crippen LogP contribution in [-0.4, -0.2) is 54.7 Å². The number of aromatic nitrogens is 5. The molecule has 4 aromatic rings. The van der Waals surface area contributed by atoms with Crippen LogP contribution in [0.5, 0.6) is 0 Å². The average molecular weight is 617 g/mol. The van der Waals surface area contributed by atoms with Crippen molar-refractivity contribution >= 4 is 37.8 Å². The molecule has 11 heteroatoms. The summed E-state index contributed by atoms with van der Waals surface area (Å²) in [6.07, 6.45) is 5.20. The van der Waals surface area contributed by atoms with Gasteiger partial charge in [-0.2, -0.15) is 5.10 Å². The molecule has 2 aromatic carbocycles. The Bertz CT molecular complexity index is 1380. The summed E-state index contributed by atoms with van der Waals surface area (Å²) in [7, 11) is 0. The molecule has 0 saturated carbocycles. The van der Waals surface area contributed by atoms with Crippen LogP contribution < -0.4 is 5.32 Å². The Balaban J connectivity index is 1.15. The topological polar surface area (TPSA) is 80.9 Å². The molecule has 1 saturated heterocycles. The second-order valence-corrected chi connectivity index (χ2v) is 10.7. The maximum atomic E-state index is 14.2. The third kappa shape index (κ3) is 5.58. The lowest BCUT2D eigenvalue weighted by Gasteiger charge is -2.31. The van der Waals surface area contributed by atoms with Crippen molar-refractivity contribution in [1.82, 2.24) is 35.0 Å². The number of likely N-dealkylation sites (tertiary alicyclic amines) is 1. The van der Waals surface area contributed by atoms with Crippen LogP contribution in [0.1, 0.15) is 34.6 Å². The summed E-state index contributed by atoms with van der Waals surface area (Å²) in [5, 5.41) is 16.0. The van der Waals surface area contributed by atoms with E-state index in [4.69, 9.17) is 0 Å². The highest BCUT2D eigenvalue weighted by Gasteiger charge is 2.23. The van der Waals surface area contributed by atoms with Crippen LogP contribution >= 0.6 is 31.9 Å². The Morgan fingerprint density at radius 1 is 1.06 bits per heavy atom. The van der Waals surface area contributed by atoms with E-state index in [1.165, 1.54) is 10.7 Å². The zero-order valence-corrected chi connectivity index (χ0v) is 22.7. The minimum absolute atomic E-state index is 0.0932. The van der Waals surface area contributed by atoms with Gasteiger partial charge in [0.05, 0.1) is 28.8 Å². The summed E-state index contributed by atoms with van der Waals surface area (Å²) in [4.78, 5) is 15.2. The van der Waals surface area contributed by atoms with Gasteiger partial charge >= 0.3 is 0 Å². The summed E-state index contributed by atoms with van der Waals surface area (Å²) in [5.74, 6) is -0.461. The van der Waals surface area contributed by atoms with Crippen molar-refractivity contribution in [2.45, 2.75) is 32.4 Å². The zero-order chi connectivity index (χ0) is 25.2. The molecule has 0 unspecified atom stereocenters. The van der Waals surface area contributed by atoms with Crippen LogP contribution in [0, 0.1) is 12.7 Å². The van der Waals surface area contributed by atoms with Gasteiger partial charge in [-0.15, -0.1) is 5.10 Å². The van der Waals surface area contributed by atoms with E-state index < -0.39 is 0 Å². The second-order valence-electron chi connectivity index (χ2n) is 8.82. The fourth-order valence-corrected chi connectivity index (χ4v) is 4.90. The molecule has 0 aliphatic carbocycles. The molecule has 0 spiro atoms. The Labute approximate surface area is 224 Å². The normalized spacial score (nSPS) is 14.8. The molecule has 3 heterocycles. The van der Waals surface area contributed by atoms with Crippen molar-refractivity contribution in [3.05, 3.63) is 86.6 Å². The van der Waals surface area contributed by atoms with Crippen molar-refractivity contribution in [2.75, 3.05) is 13.1 Å². The molecule has 1 aliphatic heterocycles. The van der Waals surface area contributed by atoms with Gasteiger partial charge < -0.3 is 5.32 Å². The van der Waals surface area contributed by atoms with Crippen LogP contribution in [0.2, 0.25) is 0 Å². The van der Waals surface area contributed by atoms with Crippen LogP contribution in [0.15, 0.2) is 63.8 Å². The number of aryl methyl sites for hydroxylation is 1. The highest BCUT2D eigenvalue weighted by atomic mass is 79.9. The predicted molar refractivity (Wildman–Crippen MR) is 141 cm³/mol. The average Bonchev–Trinajstić information content (AvgIpc) is 3.49. The summed E-state index contributed by atoms with van der Waals surface area (Å²) >= 11 is 6.80. The number of halogens is 3. The standard InChI is InChI=1S/C25H24Br2FN7O/c1-16-22(15-34(31-16)21-5-2-17(26)3-6-21)25(36)29-19-8-10-33(11-9-19)13-20-14-35(32-30-20)24-12-18(27)4-7-23(24)28/h2-7,12,14-15,19H,8-11,13H2,1H3,(H,29,36). The van der Waals surface area contributed by atoms with Crippen molar-refractivity contribution in [2.24, 2.45) is 0 Å². The highest BCUT2D eigenvalue weighted by molar-refractivity contribution is 9.10. The molecule has 1 fully saturated rings. The first-order chi connectivity index (χ1) is 17.4. The van der Waals surface area contributed by atoms with Gasteiger partial charge in [0.15, 0.2) is 0 Å². The first kappa shape index (κ1) is 24.8. The van der Waals surface area contributed by atoms with Crippen molar-refractivity contribution in [3.8, 4) is 11.4 Å². The zero-order valence-electron chi connectivity index (χ0n) is 19.5. The van der Waals surface area contributed by atoms with Crippen LogP contribution in [0.3, 0.4) is 0 Å². The molecule has 1 amide bonds. The van der Waals surface area contributed by atoms with Crippen molar-refractivity contribution < 1.29 is 9.18 Å². The lowest BCUT2D eigenvalue weighted by Crippen LogP contribution is -2.44. The van der Waals surface area contributed by atoms with Gasteiger partial charge in [0.25, 0.3) is 5.91 Å². The Morgan fingerprint density at radius 2 is 1.78 bits per heavy atom. The summed E-state index contributed by atoms with van der Waals surface area (Å²) in [5.41, 5.74) is 3.29. The van der Waals surface area contributed by atoms with Gasteiger partial charge in [-0.3, -0.25) is 9.69 Å². The number of piperidine rings is 1. The number of nitrogens with zero attached hydrogens (tertiary/aromatic N) is 6. The first-order valence-corrected chi connectivity index (χ1v) is 13.2. The molecule has 1 N–H and O–H groups in total. The minimum atomic E-state index is -0.358. The number of hydrogen-bond acceptors (Lipinski definition) is 5. The van der Waals surface area contributed by atoms with Gasteiger partial charge in [0.2, 0.25) is 0 Å². The first-order valence-electron chi connectivity index (χ1n) is 11.6. The molecule has 5 rings (SSSR count). The molecule has 2 aromatic heterocycles. The Hall–Kier alpha value is -2.89. The molecule has 8 nitrogen and oxygen atoms in total. The second kappa shape index (κ2) is 10.6. The number of amides is 1. The molecule has 0 bridgehead atoms. The van der Waals surface area contributed by atoms with E-state index in [9.17, 15) is 9.18 Å². The number of carbonyl (C=O) groups is 1. The molecular weight excluding hydrogens is 593 g/mol. The van der Waals surface area contributed by atoms with Gasteiger partial charge in [-0.1, -0.05) is 37.1 Å². The van der Waals surface area contributed by atoms with E-state index in [2.05, 4.69) is 57.5 Å². The molecule has 36 heavy (non-hydrogen) atoms. The monoisotopic (exact) mass is 615 g/mol. The Kier molecular flexibility index (Phi) is 7.31. The van der Waals surface area contributed by atoms with Gasteiger partial charge in [-0.25, -0.2) is 13.8 Å². The largest absolute Gasteiger partial charge is 0.349 e. The maximum Gasteiger partial charge on any atom is 0.254 e. The van der Waals surface area contributed by atoms with E-state index in [1.807, 2.05) is 31.2 Å². The van der Waals surface area contributed by atoms with E-state index in [-0.39, 0.29) is 17.8 Å². The number of nitrogens with one attached hydrogen (secondary N) is 1. The van der Waals surface area contributed by atoms with Crippen LogP contribution in [0.25, 0.3) is 11.4 Å². The van der Waals surface area contributed by atoms with Crippen LogP contribution in [0.4, 0.5) is 4.39 Å². The highest BCUT2D eigenvalue weighted by Crippen LogP contribution is 2.20.